The lowest BCUT2D eigenvalue weighted by atomic mass is 9.62. The zero-order chi connectivity index (χ0) is 24.1. The maximum Gasteiger partial charge on any atom is 0.411 e. The highest BCUT2D eigenvalue weighted by Crippen LogP contribution is 2.49. The van der Waals surface area contributed by atoms with Crippen molar-refractivity contribution in [2.75, 3.05) is 46.1 Å². The van der Waals surface area contributed by atoms with E-state index in [0.29, 0.717) is 38.1 Å². The Morgan fingerprint density at radius 3 is 2.45 bits per heavy atom. The summed E-state index contributed by atoms with van der Waals surface area (Å²) in [6, 6.07) is 0. The van der Waals surface area contributed by atoms with Crippen LogP contribution < -0.4 is 0 Å². The number of likely N-dealkylation sites (tertiary alicyclic amines) is 1. The Morgan fingerprint density at radius 2 is 1.79 bits per heavy atom. The van der Waals surface area contributed by atoms with E-state index < -0.39 is 17.2 Å². The first kappa shape index (κ1) is 26.2. The number of carbonyl (C=O) groups is 2. The lowest BCUT2D eigenvalue weighted by molar-refractivity contribution is -0.138. The number of aliphatic hydroxyl groups excluding tert-OH is 1. The number of fused-ring (bicyclic) bond motifs is 2. The van der Waals surface area contributed by atoms with Gasteiger partial charge in [-0.05, 0) is 77.6 Å². The summed E-state index contributed by atoms with van der Waals surface area (Å²) in [4.78, 5) is 30.3. The molecule has 1 heterocycles. The molecule has 4 atom stereocenters. The fraction of sp³-hybridized carbons (Fsp3) is 0.920. The van der Waals surface area contributed by atoms with Crippen molar-refractivity contribution in [3.05, 3.63) is 0 Å². The minimum absolute atomic E-state index is 0.00238. The third kappa shape index (κ3) is 7.30. The molecule has 190 valence electrons. The van der Waals surface area contributed by atoms with E-state index in [1.165, 1.54) is 0 Å². The monoisotopic (exact) mass is 468 g/mol. The quantitative estimate of drug-likeness (QED) is 0.523. The maximum atomic E-state index is 13.5. The van der Waals surface area contributed by atoms with Crippen LogP contribution in [0.4, 0.5) is 4.79 Å². The van der Waals surface area contributed by atoms with Crippen molar-refractivity contribution in [1.29, 1.82) is 0 Å². The van der Waals surface area contributed by atoms with Crippen LogP contribution in [-0.4, -0.2) is 90.2 Å². The van der Waals surface area contributed by atoms with Gasteiger partial charge in [0.05, 0.1) is 32.5 Å². The van der Waals surface area contributed by atoms with Crippen LogP contribution in [0, 0.1) is 11.8 Å². The molecule has 2 bridgehead atoms. The van der Waals surface area contributed by atoms with E-state index in [0.717, 1.165) is 51.6 Å². The molecule has 2 aliphatic carbocycles. The molecule has 1 N–H and O–H groups in total. The van der Waals surface area contributed by atoms with Gasteiger partial charge in [0.1, 0.15) is 12.1 Å². The van der Waals surface area contributed by atoms with Crippen LogP contribution in [0.1, 0.15) is 72.6 Å². The Morgan fingerprint density at radius 1 is 1.06 bits per heavy atom. The Kier molecular flexibility index (Phi) is 9.03. The molecule has 3 aliphatic rings. The summed E-state index contributed by atoms with van der Waals surface area (Å²) >= 11 is 0. The van der Waals surface area contributed by atoms with Gasteiger partial charge in [-0.1, -0.05) is 6.92 Å². The SMILES string of the molecule is CC1CC2CC(OCCOCCO)C[C@@](N(CC(=O)N3CCCC3)C(=O)OC(C)(C)C)(C1)C2. The second-order valence-corrected chi connectivity index (χ2v) is 11.3. The number of amides is 2. The molecule has 0 aromatic carbocycles. The smallest absolute Gasteiger partial charge is 0.411 e. The normalized spacial score (nSPS) is 29.7. The van der Waals surface area contributed by atoms with E-state index in [1.54, 1.807) is 4.90 Å². The van der Waals surface area contributed by atoms with Crippen molar-refractivity contribution in [3.63, 3.8) is 0 Å². The molecule has 2 saturated carbocycles. The predicted molar refractivity (Wildman–Crippen MR) is 125 cm³/mol. The number of ether oxygens (including phenoxy) is 3. The van der Waals surface area contributed by atoms with Crippen LogP contribution >= 0.6 is 0 Å². The molecule has 3 rings (SSSR count). The van der Waals surface area contributed by atoms with E-state index >= 15 is 0 Å². The number of aliphatic hydroxyl groups is 1. The zero-order valence-corrected chi connectivity index (χ0v) is 21.0. The predicted octanol–water partition coefficient (Wildman–Crippen LogP) is 3.21. The van der Waals surface area contributed by atoms with E-state index in [9.17, 15) is 9.59 Å². The zero-order valence-electron chi connectivity index (χ0n) is 21.0. The van der Waals surface area contributed by atoms with Gasteiger partial charge in [-0.2, -0.15) is 0 Å². The molecule has 0 spiro atoms. The van der Waals surface area contributed by atoms with Gasteiger partial charge in [0.2, 0.25) is 5.91 Å². The largest absolute Gasteiger partial charge is 0.444 e. The Balaban J connectivity index is 1.79. The van der Waals surface area contributed by atoms with Crippen molar-refractivity contribution in [1.82, 2.24) is 9.80 Å². The summed E-state index contributed by atoms with van der Waals surface area (Å²) in [6.45, 7) is 10.7. The number of nitrogens with zero attached hydrogens (tertiary/aromatic N) is 2. The Labute approximate surface area is 198 Å². The average Bonchev–Trinajstić information content (AvgIpc) is 3.24. The second kappa shape index (κ2) is 11.4. The van der Waals surface area contributed by atoms with Crippen LogP contribution in [0.2, 0.25) is 0 Å². The fourth-order valence-corrected chi connectivity index (χ4v) is 6.07. The molecule has 33 heavy (non-hydrogen) atoms. The summed E-state index contributed by atoms with van der Waals surface area (Å²) in [5, 5.41) is 8.88. The summed E-state index contributed by atoms with van der Waals surface area (Å²) in [6.07, 6.45) is 6.21. The van der Waals surface area contributed by atoms with Gasteiger partial charge in [-0.15, -0.1) is 0 Å². The molecule has 3 unspecified atom stereocenters. The number of hydrogen-bond acceptors (Lipinski definition) is 6. The van der Waals surface area contributed by atoms with Crippen LogP contribution in [0.5, 0.6) is 0 Å². The molecule has 0 aromatic heterocycles. The van der Waals surface area contributed by atoms with Crippen molar-refractivity contribution in [3.8, 4) is 0 Å². The van der Waals surface area contributed by atoms with E-state index in [-0.39, 0.29) is 25.2 Å². The number of carbonyl (C=O) groups excluding carboxylic acids is 2. The van der Waals surface area contributed by atoms with Gasteiger partial charge in [0, 0.05) is 18.6 Å². The Bertz CT molecular complexity index is 656. The first-order chi connectivity index (χ1) is 15.6. The maximum absolute atomic E-state index is 13.5. The first-order valence-electron chi connectivity index (χ1n) is 12.7. The van der Waals surface area contributed by atoms with Gasteiger partial charge >= 0.3 is 6.09 Å². The lowest BCUT2D eigenvalue weighted by Gasteiger charge is -2.55. The molecule has 1 saturated heterocycles. The molecule has 8 nitrogen and oxygen atoms in total. The van der Waals surface area contributed by atoms with Gasteiger partial charge in [-0.25, -0.2) is 4.79 Å². The highest BCUT2D eigenvalue weighted by atomic mass is 16.6. The van der Waals surface area contributed by atoms with Gasteiger partial charge in [-0.3, -0.25) is 9.69 Å². The molecule has 0 aromatic rings. The summed E-state index contributed by atoms with van der Waals surface area (Å²) < 4.78 is 17.4. The summed E-state index contributed by atoms with van der Waals surface area (Å²) in [5.41, 5.74) is -1.06. The third-order valence-electron chi connectivity index (χ3n) is 7.09. The van der Waals surface area contributed by atoms with Crippen molar-refractivity contribution in [2.45, 2.75) is 89.9 Å². The summed E-state index contributed by atoms with van der Waals surface area (Å²) in [7, 11) is 0. The molecular weight excluding hydrogens is 424 g/mol. The first-order valence-corrected chi connectivity index (χ1v) is 12.7. The number of rotatable bonds is 9. The van der Waals surface area contributed by atoms with E-state index in [1.807, 2.05) is 25.7 Å². The highest BCUT2D eigenvalue weighted by Gasteiger charge is 2.52. The Hall–Kier alpha value is -1.38. The minimum atomic E-state index is -0.628. The molecule has 1 aliphatic heterocycles. The van der Waals surface area contributed by atoms with Crippen molar-refractivity contribution >= 4 is 12.0 Å². The van der Waals surface area contributed by atoms with Crippen molar-refractivity contribution in [2.24, 2.45) is 11.8 Å². The third-order valence-corrected chi connectivity index (χ3v) is 7.09. The van der Waals surface area contributed by atoms with Crippen LogP contribution in [0.25, 0.3) is 0 Å². The molecule has 8 heteroatoms. The van der Waals surface area contributed by atoms with E-state index in [2.05, 4.69) is 6.92 Å². The van der Waals surface area contributed by atoms with Crippen LogP contribution in [0.3, 0.4) is 0 Å². The van der Waals surface area contributed by atoms with Crippen LogP contribution in [0.15, 0.2) is 0 Å². The highest BCUT2D eigenvalue weighted by molar-refractivity contribution is 5.83. The second-order valence-electron chi connectivity index (χ2n) is 11.3. The fourth-order valence-electron chi connectivity index (χ4n) is 6.07. The average molecular weight is 469 g/mol. The molecule has 0 radical (unpaired) electrons. The van der Waals surface area contributed by atoms with Crippen molar-refractivity contribution < 1.29 is 28.9 Å². The molecule has 3 fully saturated rings. The van der Waals surface area contributed by atoms with Gasteiger partial charge in [0.15, 0.2) is 0 Å². The standard InChI is InChI=1S/C25H44N2O6/c1-19-13-20-14-21(32-12-11-31-10-9-28)17-25(15-19,16-20)27(23(30)33-24(2,3)4)18-22(29)26-7-5-6-8-26/h19-21,28H,5-18H2,1-4H3/t19?,20?,21?,25-/m1/s1. The van der Waals surface area contributed by atoms with Crippen LogP contribution in [-0.2, 0) is 19.0 Å². The minimum Gasteiger partial charge on any atom is -0.444 e. The topological polar surface area (TPSA) is 88.5 Å². The number of hydrogen-bond donors (Lipinski definition) is 1. The summed E-state index contributed by atoms with van der Waals surface area (Å²) in [5.74, 6) is 0.949. The lowest BCUT2D eigenvalue weighted by Crippen LogP contribution is -2.62. The van der Waals surface area contributed by atoms with Gasteiger partial charge < -0.3 is 24.2 Å². The van der Waals surface area contributed by atoms with Gasteiger partial charge in [0.25, 0.3) is 0 Å². The molecule has 2 amide bonds. The molecular formula is C25H44N2O6. The van der Waals surface area contributed by atoms with E-state index in [4.69, 9.17) is 19.3 Å².